The highest BCUT2D eigenvalue weighted by atomic mass is 35.5. The van der Waals surface area contributed by atoms with Crippen LogP contribution in [0.15, 0.2) is 48.5 Å². The normalized spacial score (nSPS) is 15.3. The van der Waals surface area contributed by atoms with Crippen molar-refractivity contribution in [1.82, 2.24) is 4.90 Å². The largest absolute Gasteiger partial charge is 0.326 e. The molecule has 2 N–H and O–H groups in total. The first-order valence-corrected chi connectivity index (χ1v) is 9.53. The molecule has 0 saturated carbocycles. The molecule has 1 fully saturated rings. The van der Waals surface area contributed by atoms with E-state index in [4.69, 9.17) is 11.6 Å². The van der Waals surface area contributed by atoms with E-state index in [1.807, 2.05) is 49.4 Å². The number of benzene rings is 2. The van der Waals surface area contributed by atoms with Gasteiger partial charge < -0.3 is 10.6 Å². The molecule has 0 aliphatic carbocycles. The summed E-state index contributed by atoms with van der Waals surface area (Å²) in [6.45, 7) is 3.70. The minimum Gasteiger partial charge on any atom is -0.326 e. The molecular weight excluding hydrogens is 362 g/mol. The number of carbonyl (C=O) groups is 2. The molecule has 142 valence electrons. The first-order chi connectivity index (χ1) is 13.0. The van der Waals surface area contributed by atoms with E-state index in [0.29, 0.717) is 17.3 Å². The van der Waals surface area contributed by atoms with Crippen LogP contribution in [0.5, 0.6) is 0 Å². The van der Waals surface area contributed by atoms with Crippen LogP contribution in [0.3, 0.4) is 0 Å². The molecular formula is C21H24ClN3O2. The third-order valence-corrected chi connectivity index (χ3v) is 5.23. The maximum Gasteiger partial charge on any atom is 0.238 e. The molecule has 0 radical (unpaired) electrons. The van der Waals surface area contributed by atoms with Gasteiger partial charge in [-0.2, -0.15) is 0 Å². The summed E-state index contributed by atoms with van der Waals surface area (Å²) < 4.78 is 0. The number of nitrogens with zero attached hydrogens (tertiary/aromatic N) is 1. The Labute approximate surface area is 164 Å². The number of hydrogen-bond acceptors (Lipinski definition) is 3. The van der Waals surface area contributed by atoms with Crippen molar-refractivity contribution in [3.63, 3.8) is 0 Å². The topological polar surface area (TPSA) is 61.4 Å². The Balaban J connectivity index is 1.44. The predicted octanol–water partition coefficient (Wildman–Crippen LogP) is 3.94. The highest BCUT2D eigenvalue weighted by Gasteiger charge is 2.26. The second kappa shape index (κ2) is 9.02. The lowest BCUT2D eigenvalue weighted by molar-refractivity contribution is -0.121. The summed E-state index contributed by atoms with van der Waals surface area (Å²) >= 11 is 6.09. The van der Waals surface area contributed by atoms with Crippen LogP contribution in [0.4, 0.5) is 11.4 Å². The molecule has 0 bridgehead atoms. The molecule has 0 aromatic heterocycles. The average molecular weight is 386 g/mol. The van der Waals surface area contributed by atoms with E-state index in [2.05, 4.69) is 15.5 Å². The molecule has 1 aliphatic heterocycles. The zero-order valence-electron chi connectivity index (χ0n) is 15.4. The first kappa shape index (κ1) is 19.4. The van der Waals surface area contributed by atoms with Crippen LogP contribution in [-0.4, -0.2) is 36.3 Å². The Hall–Kier alpha value is -2.37. The molecule has 1 aliphatic rings. The van der Waals surface area contributed by atoms with Crippen LogP contribution >= 0.6 is 11.6 Å². The lowest BCUT2D eigenvalue weighted by atomic mass is 9.96. The second-order valence-corrected chi connectivity index (χ2v) is 7.33. The fraction of sp³-hybridized carbons (Fsp3) is 0.333. The van der Waals surface area contributed by atoms with Gasteiger partial charge in [0.15, 0.2) is 0 Å². The van der Waals surface area contributed by atoms with Gasteiger partial charge in [-0.15, -0.1) is 0 Å². The molecule has 1 saturated heterocycles. The van der Waals surface area contributed by atoms with Gasteiger partial charge in [0.2, 0.25) is 11.8 Å². The minimum absolute atomic E-state index is 0.0135. The molecule has 5 nitrogen and oxygen atoms in total. The summed E-state index contributed by atoms with van der Waals surface area (Å²) in [5.41, 5.74) is 2.50. The molecule has 2 aromatic carbocycles. The molecule has 6 heteroatoms. The number of para-hydroxylation sites is 1. The number of rotatable bonds is 5. The second-order valence-electron chi connectivity index (χ2n) is 6.92. The molecule has 27 heavy (non-hydrogen) atoms. The van der Waals surface area contributed by atoms with E-state index < -0.39 is 0 Å². The molecule has 2 aromatic rings. The van der Waals surface area contributed by atoms with Gasteiger partial charge >= 0.3 is 0 Å². The van der Waals surface area contributed by atoms with E-state index >= 15 is 0 Å². The molecule has 0 atom stereocenters. The van der Waals surface area contributed by atoms with Crippen LogP contribution in [-0.2, 0) is 9.59 Å². The predicted molar refractivity (Wildman–Crippen MR) is 109 cm³/mol. The van der Waals surface area contributed by atoms with E-state index in [1.165, 1.54) is 0 Å². The van der Waals surface area contributed by atoms with Gasteiger partial charge in [0.25, 0.3) is 0 Å². The van der Waals surface area contributed by atoms with Gasteiger partial charge in [-0.05, 0) is 62.7 Å². The Kier molecular flexibility index (Phi) is 6.48. The number of amides is 2. The average Bonchev–Trinajstić information content (AvgIpc) is 2.66. The lowest BCUT2D eigenvalue weighted by Gasteiger charge is -2.30. The van der Waals surface area contributed by atoms with E-state index in [-0.39, 0.29) is 17.7 Å². The third-order valence-electron chi connectivity index (χ3n) is 4.82. The van der Waals surface area contributed by atoms with Crippen LogP contribution in [0, 0.1) is 12.8 Å². The lowest BCUT2D eigenvalue weighted by Crippen LogP contribution is -2.41. The summed E-state index contributed by atoms with van der Waals surface area (Å²) in [7, 11) is 0. The highest BCUT2D eigenvalue weighted by Crippen LogP contribution is 2.21. The van der Waals surface area contributed by atoms with Gasteiger partial charge in [-0.25, -0.2) is 0 Å². The fourth-order valence-electron chi connectivity index (χ4n) is 3.19. The summed E-state index contributed by atoms with van der Waals surface area (Å²) in [6.07, 6.45) is 1.50. The first-order valence-electron chi connectivity index (χ1n) is 9.15. The molecule has 0 unspecified atom stereocenters. The van der Waals surface area contributed by atoms with Gasteiger partial charge in [0.05, 0.1) is 6.54 Å². The number of nitrogens with one attached hydrogen (secondary N) is 2. The Bertz CT molecular complexity index is 802. The number of hydrogen-bond donors (Lipinski definition) is 2. The molecule has 0 spiro atoms. The number of aryl methyl sites for hydroxylation is 1. The van der Waals surface area contributed by atoms with Crippen molar-refractivity contribution < 1.29 is 9.59 Å². The number of likely N-dealkylation sites (tertiary alicyclic amines) is 1. The van der Waals surface area contributed by atoms with Crippen molar-refractivity contribution in [2.45, 2.75) is 19.8 Å². The fourth-order valence-corrected chi connectivity index (χ4v) is 3.37. The van der Waals surface area contributed by atoms with Gasteiger partial charge in [-0.3, -0.25) is 14.5 Å². The van der Waals surface area contributed by atoms with Crippen LogP contribution in [0.1, 0.15) is 18.4 Å². The van der Waals surface area contributed by atoms with E-state index in [1.54, 1.807) is 6.07 Å². The third kappa shape index (κ3) is 5.55. The SMILES string of the molecule is Cc1ccc(NC(=O)CN2CCC(C(=O)Nc3ccccc3)CC2)cc1Cl. The summed E-state index contributed by atoms with van der Waals surface area (Å²) in [5, 5.41) is 6.48. The van der Waals surface area contributed by atoms with Crippen molar-refractivity contribution in [2.75, 3.05) is 30.3 Å². The highest BCUT2D eigenvalue weighted by molar-refractivity contribution is 6.31. The molecule has 3 rings (SSSR count). The van der Waals surface area contributed by atoms with Gasteiger partial charge in [0, 0.05) is 22.3 Å². The van der Waals surface area contributed by atoms with E-state index in [0.717, 1.165) is 37.2 Å². The van der Waals surface area contributed by atoms with Crippen molar-refractivity contribution >= 4 is 34.8 Å². The Morgan fingerprint density at radius 3 is 2.41 bits per heavy atom. The van der Waals surface area contributed by atoms with Crippen molar-refractivity contribution in [1.29, 1.82) is 0 Å². The van der Waals surface area contributed by atoms with Gasteiger partial charge in [0.1, 0.15) is 0 Å². The van der Waals surface area contributed by atoms with E-state index in [9.17, 15) is 9.59 Å². The van der Waals surface area contributed by atoms with Crippen LogP contribution in [0.2, 0.25) is 5.02 Å². The molecule has 1 heterocycles. The van der Waals surface area contributed by atoms with Crippen LogP contribution in [0.25, 0.3) is 0 Å². The number of piperidine rings is 1. The van der Waals surface area contributed by atoms with Crippen molar-refractivity contribution in [3.8, 4) is 0 Å². The number of anilines is 2. The molecule has 2 amide bonds. The minimum atomic E-state index is -0.0675. The zero-order valence-corrected chi connectivity index (χ0v) is 16.1. The maximum atomic E-state index is 12.4. The summed E-state index contributed by atoms with van der Waals surface area (Å²) in [5.74, 6) is -0.0258. The zero-order chi connectivity index (χ0) is 19.2. The smallest absolute Gasteiger partial charge is 0.238 e. The van der Waals surface area contributed by atoms with Crippen molar-refractivity contribution in [3.05, 3.63) is 59.1 Å². The van der Waals surface area contributed by atoms with Crippen LogP contribution < -0.4 is 10.6 Å². The number of halogens is 1. The standard InChI is InChI=1S/C21H24ClN3O2/c1-15-7-8-18(13-19(15)22)23-20(26)14-25-11-9-16(10-12-25)21(27)24-17-5-3-2-4-6-17/h2-8,13,16H,9-12,14H2,1H3,(H,23,26)(H,24,27). The Morgan fingerprint density at radius 2 is 1.74 bits per heavy atom. The van der Waals surface area contributed by atoms with Crippen molar-refractivity contribution in [2.24, 2.45) is 5.92 Å². The Morgan fingerprint density at radius 1 is 1.04 bits per heavy atom. The quantitative estimate of drug-likeness (QED) is 0.819. The summed E-state index contributed by atoms with van der Waals surface area (Å²) in [4.78, 5) is 26.7. The number of carbonyl (C=O) groups excluding carboxylic acids is 2. The van der Waals surface area contributed by atoms with Gasteiger partial charge in [-0.1, -0.05) is 35.9 Å². The summed E-state index contributed by atoms with van der Waals surface area (Å²) in [6, 6.07) is 15.0. The maximum absolute atomic E-state index is 12.4. The monoisotopic (exact) mass is 385 g/mol.